The number of carbonyl (C=O) groups is 1. The van der Waals surface area contributed by atoms with Crippen molar-refractivity contribution >= 4 is 22.9 Å². The van der Waals surface area contributed by atoms with Gasteiger partial charge in [-0.05, 0) is 54.6 Å². The first kappa shape index (κ1) is 15.0. The van der Waals surface area contributed by atoms with Crippen molar-refractivity contribution in [2.45, 2.75) is 6.92 Å². The number of hydrogen-bond donors (Lipinski definition) is 1. The molecule has 0 saturated heterocycles. The first-order chi connectivity index (χ1) is 11.2. The van der Waals surface area contributed by atoms with Gasteiger partial charge >= 0.3 is 0 Å². The van der Waals surface area contributed by atoms with Crippen molar-refractivity contribution in [1.29, 1.82) is 0 Å². The number of amides is 1. The van der Waals surface area contributed by atoms with Gasteiger partial charge in [0.15, 0.2) is 0 Å². The van der Waals surface area contributed by atoms with Crippen LogP contribution in [0.4, 0.5) is 5.69 Å². The Morgan fingerprint density at radius 3 is 2.74 bits per heavy atom. The molecule has 0 unspecified atom stereocenters. The number of aromatic nitrogens is 1. The van der Waals surface area contributed by atoms with Gasteiger partial charge in [-0.3, -0.25) is 4.79 Å². The molecule has 112 valence electrons. The van der Waals surface area contributed by atoms with E-state index in [2.05, 4.69) is 22.1 Å². The molecule has 2 aromatic heterocycles. The van der Waals surface area contributed by atoms with Crippen LogP contribution in [0.1, 0.15) is 26.6 Å². The van der Waals surface area contributed by atoms with E-state index in [0.29, 0.717) is 4.88 Å². The van der Waals surface area contributed by atoms with E-state index in [4.69, 9.17) is 0 Å². The number of carbonyl (C=O) groups excluding carboxylic acids is 1. The van der Waals surface area contributed by atoms with Gasteiger partial charge in [-0.25, -0.2) is 4.98 Å². The fourth-order valence-corrected chi connectivity index (χ4v) is 2.64. The Morgan fingerprint density at radius 1 is 1.09 bits per heavy atom. The summed E-state index contributed by atoms with van der Waals surface area (Å²) in [6, 6.07) is 16.9. The van der Waals surface area contributed by atoms with Crippen LogP contribution in [-0.4, -0.2) is 10.9 Å². The maximum atomic E-state index is 12.1. The quantitative estimate of drug-likeness (QED) is 0.723. The first-order valence-electron chi connectivity index (χ1n) is 7.11. The summed E-state index contributed by atoms with van der Waals surface area (Å²) in [6.07, 6.45) is 0. The molecule has 1 N–H and O–H groups in total. The van der Waals surface area contributed by atoms with E-state index in [0.717, 1.165) is 22.6 Å². The number of aryl methyl sites for hydroxylation is 1. The van der Waals surface area contributed by atoms with Gasteiger partial charge in [0.05, 0.1) is 4.88 Å². The minimum Gasteiger partial charge on any atom is -0.321 e. The fraction of sp³-hybridized carbons (Fsp3) is 0.0526. The smallest absolute Gasteiger partial charge is 0.265 e. The van der Waals surface area contributed by atoms with Gasteiger partial charge in [0, 0.05) is 16.9 Å². The molecule has 2 heterocycles. The summed E-state index contributed by atoms with van der Waals surface area (Å²) in [7, 11) is 0. The highest BCUT2D eigenvalue weighted by atomic mass is 32.1. The molecule has 0 aliphatic rings. The van der Waals surface area contributed by atoms with Gasteiger partial charge in [-0.1, -0.05) is 24.1 Å². The molecular weight excluding hydrogens is 304 g/mol. The number of rotatable bonds is 2. The number of thiophene rings is 1. The molecule has 0 radical (unpaired) electrons. The molecular formula is C19H14N2OS. The zero-order valence-corrected chi connectivity index (χ0v) is 13.4. The monoisotopic (exact) mass is 318 g/mol. The third-order valence-electron chi connectivity index (χ3n) is 3.09. The van der Waals surface area contributed by atoms with Crippen LogP contribution in [0, 0.1) is 18.8 Å². The lowest BCUT2D eigenvalue weighted by Crippen LogP contribution is -2.09. The first-order valence-corrected chi connectivity index (χ1v) is 7.99. The van der Waals surface area contributed by atoms with Crippen LogP contribution in [0.2, 0.25) is 0 Å². The van der Waals surface area contributed by atoms with E-state index in [9.17, 15) is 4.79 Å². The van der Waals surface area contributed by atoms with E-state index in [1.807, 2.05) is 60.8 Å². The minimum atomic E-state index is -0.106. The molecule has 1 amide bonds. The molecule has 0 atom stereocenters. The van der Waals surface area contributed by atoms with Crippen molar-refractivity contribution in [1.82, 2.24) is 4.98 Å². The second-order valence-electron chi connectivity index (χ2n) is 4.93. The highest BCUT2D eigenvalue weighted by Crippen LogP contribution is 2.14. The van der Waals surface area contributed by atoms with Gasteiger partial charge in [-0.2, -0.15) is 0 Å². The van der Waals surface area contributed by atoms with Crippen LogP contribution in [0.25, 0.3) is 0 Å². The third kappa shape index (κ3) is 4.06. The second kappa shape index (κ2) is 6.91. The largest absolute Gasteiger partial charge is 0.321 e. The maximum absolute atomic E-state index is 12.1. The van der Waals surface area contributed by atoms with Crippen LogP contribution in [0.15, 0.2) is 60.0 Å². The third-order valence-corrected chi connectivity index (χ3v) is 3.96. The summed E-state index contributed by atoms with van der Waals surface area (Å²) in [6.45, 7) is 1.94. The Bertz CT molecular complexity index is 889. The van der Waals surface area contributed by atoms with E-state index < -0.39 is 0 Å². The molecule has 0 fully saturated rings. The predicted octanol–water partition coefficient (Wildman–Crippen LogP) is 4.10. The average molecular weight is 318 g/mol. The molecule has 23 heavy (non-hydrogen) atoms. The van der Waals surface area contributed by atoms with Crippen molar-refractivity contribution < 1.29 is 4.79 Å². The lowest BCUT2D eigenvalue weighted by atomic mass is 10.2. The summed E-state index contributed by atoms with van der Waals surface area (Å²) in [5, 5.41) is 4.76. The number of anilines is 1. The van der Waals surface area contributed by atoms with Crippen molar-refractivity contribution in [3.8, 4) is 11.8 Å². The molecule has 0 bridgehead atoms. The summed E-state index contributed by atoms with van der Waals surface area (Å²) in [5.41, 5.74) is 3.23. The lowest BCUT2D eigenvalue weighted by molar-refractivity contribution is 0.103. The highest BCUT2D eigenvalue weighted by molar-refractivity contribution is 7.12. The van der Waals surface area contributed by atoms with Gasteiger partial charge in [0.2, 0.25) is 0 Å². The summed E-state index contributed by atoms with van der Waals surface area (Å²) < 4.78 is 0. The topological polar surface area (TPSA) is 42.0 Å². The van der Waals surface area contributed by atoms with Crippen LogP contribution in [-0.2, 0) is 0 Å². The Kier molecular flexibility index (Phi) is 4.51. The highest BCUT2D eigenvalue weighted by Gasteiger charge is 2.06. The Labute approximate surface area is 139 Å². The molecule has 0 spiro atoms. The normalized spacial score (nSPS) is 9.78. The van der Waals surface area contributed by atoms with Crippen molar-refractivity contribution in [3.63, 3.8) is 0 Å². The van der Waals surface area contributed by atoms with Crippen LogP contribution in [0.5, 0.6) is 0 Å². The Balaban J connectivity index is 1.77. The minimum absolute atomic E-state index is 0.106. The molecule has 3 rings (SSSR count). The number of benzene rings is 1. The van der Waals surface area contributed by atoms with Crippen molar-refractivity contribution in [2.75, 3.05) is 5.32 Å². The summed E-state index contributed by atoms with van der Waals surface area (Å²) in [4.78, 5) is 17.1. The lowest BCUT2D eigenvalue weighted by Gasteiger charge is -2.03. The van der Waals surface area contributed by atoms with Crippen LogP contribution >= 0.6 is 11.3 Å². The van der Waals surface area contributed by atoms with E-state index in [1.165, 1.54) is 11.3 Å². The molecule has 3 aromatic rings. The van der Waals surface area contributed by atoms with E-state index in [-0.39, 0.29) is 5.91 Å². The molecule has 0 aliphatic heterocycles. The van der Waals surface area contributed by atoms with Crippen molar-refractivity contribution in [3.05, 3.63) is 81.8 Å². The van der Waals surface area contributed by atoms with Crippen LogP contribution in [0.3, 0.4) is 0 Å². The fourth-order valence-electron chi connectivity index (χ4n) is 2.02. The number of nitrogens with zero attached hydrogens (tertiary/aromatic N) is 1. The Morgan fingerprint density at radius 2 is 1.96 bits per heavy atom. The molecule has 0 aliphatic carbocycles. The molecule has 4 heteroatoms. The standard InChI is InChI=1S/C19H14N2OS/c1-14-5-2-7-16(20-14)11-10-15-6-3-8-17(13-15)21-19(22)18-9-4-12-23-18/h2-9,12-13H,1H3,(H,21,22). The number of pyridine rings is 1. The van der Waals surface area contributed by atoms with Crippen molar-refractivity contribution in [2.24, 2.45) is 0 Å². The van der Waals surface area contributed by atoms with Gasteiger partial charge in [0.1, 0.15) is 5.69 Å². The van der Waals surface area contributed by atoms with Gasteiger partial charge < -0.3 is 5.32 Å². The zero-order valence-electron chi connectivity index (χ0n) is 12.5. The Hall–Kier alpha value is -2.90. The SMILES string of the molecule is Cc1cccc(C#Cc2cccc(NC(=O)c3cccs3)c2)n1. The second-order valence-corrected chi connectivity index (χ2v) is 5.87. The summed E-state index contributed by atoms with van der Waals surface area (Å²) >= 11 is 1.42. The van der Waals surface area contributed by atoms with E-state index >= 15 is 0 Å². The number of hydrogen-bond acceptors (Lipinski definition) is 3. The molecule has 1 aromatic carbocycles. The van der Waals surface area contributed by atoms with Crippen LogP contribution < -0.4 is 5.32 Å². The van der Waals surface area contributed by atoms with Gasteiger partial charge in [-0.15, -0.1) is 11.3 Å². The predicted molar refractivity (Wildman–Crippen MR) is 93.7 cm³/mol. The zero-order chi connectivity index (χ0) is 16.1. The summed E-state index contributed by atoms with van der Waals surface area (Å²) in [5.74, 6) is 6.01. The number of nitrogens with one attached hydrogen (secondary N) is 1. The van der Waals surface area contributed by atoms with Gasteiger partial charge in [0.25, 0.3) is 5.91 Å². The molecule has 3 nitrogen and oxygen atoms in total. The maximum Gasteiger partial charge on any atom is 0.265 e. The molecule has 0 saturated carbocycles. The average Bonchev–Trinajstić information content (AvgIpc) is 3.08. The van der Waals surface area contributed by atoms with E-state index in [1.54, 1.807) is 6.07 Å².